The Morgan fingerprint density at radius 3 is 2.32 bits per heavy atom. The molecular formula is C11H17F3N2O3. The third-order valence-corrected chi connectivity index (χ3v) is 3.75. The topological polar surface area (TPSA) is 83.6 Å². The van der Waals surface area contributed by atoms with E-state index in [2.05, 4.69) is 0 Å². The first kappa shape index (κ1) is 15.7. The van der Waals surface area contributed by atoms with E-state index in [1.54, 1.807) is 0 Å². The van der Waals surface area contributed by atoms with E-state index < -0.39 is 29.1 Å². The van der Waals surface area contributed by atoms with Crippen molar-refractivity contribution in [2.24, 2.45) is 5.73 Å². The maximum absolute atomic E-state index is 12.8. The Morgan fingerprint density at radius 2 is 1.95 bits per heavy atom. The number of rotatable bonds is 3. The zero-order chi connectivity index (χ0) is 15.1. The highest BCUT2D eigenvalue weighted by Gasteiger charge is 2.60. The van der Waals surface area contributed by atoms with Gasteiger partial charge >= 0.3 is 12.1 Å². The molecule has 5 nitrogen and oxygen atoms in total. The fourth-order valence-electron chi connectivity index (χ4n) is 2.32. The Balaban J connectivity index is 3.16. The van der Waals surface area contributed by atoms with Crippen molar-refractivity contribution in [2.75, 3.05) is 6.54 Å². The van der Waals surface area contributed by atoms with Crippen LogP contribution in [0.1, 0.15) is 33.1 Å². The molecule has 0 aromatic carbocycles. The largest absolute Gasteiger partial charge is 0.479 e. The summed E-state index contributed by atoms with van der Waals surface area (Å²) in [5, 5.41) is 9.24. The maximum Gasteiger partial charge on any atom is 0.415 e. The molecule has 0 aliphatic carbocycles. The number of hydrogen-bond acceptors (Lipinski definition) is 3. The quantitative estimate of drug-likeness (QED) is 0.812. The molecule has 1 heterocycles. The molecule has 0 spiro atoms. The lowest BCUT2D eigenvalue weighted by Crippen LogP contribution is -2.66. The minimum Gasteiger partial charge on any atom is -0.479 e. The number of likely N-dealkylation sites (tertiary alicyclic amines) is 1. The van der Waals surface area contributed by atoms with Crippen molar-refractivity contribution >= 4 is 11.9 Å². The number of nitrogens with two attached hydrogens (primary N) is 1. The second-order valence-electron chi connectivity index (χ2n) is 4.95. The van der Waals surface area contributed by atoms with E-state index >= 15 is 0 Å². The van der Waals surface area contributed by atoms with E-state index in [0.717, 1.165) is 4.90 Å². The van der Waals surface area contributed by atoms with Gasteiger partial charge in [0, 0.05) is 6.54 Å². The van der Waals surface area contributed by atoms with E-state index in [0.29, 0.717) is 13.3 Å². The number of carbonyl (C=O) groups excluding carboxylic acids is 1. The van der Waals surface area contributed by atoms with Gasteiger partial charge < -0.3 is 15.7 Å². The number of nitrogens with zero attached hydrogens (tertiary/aromatic N) is 1. The summed E-state index contributed by atoms with van der Waals surface area (Å²) in [5.41, 5.74) is 0.427. The number of carbonyl (C=O) groups is 2. The summed E-state index contributed by atoms with van der Waals surface area (Å²) in [6.07, 6.45) is -4.40. The average Bonchev–Trinajstić information content (AvgIpc) is 2.70. The molecule has 0 aromatic heterocycles. The van der Waals surface area contributed by atoms with Gasteiger partial charge in [0.2, 0.25) is 0 Å². The Labute approximate surface area is 108 Å². The number of halogens is 3. The van der Waals surface area contributed by atoms with Crippen LogP contribution in [0.5, 0.6) is 0 Å². The first-order valence-electron chi connectivity index (χ1n) is 5.92. The number of carboxylic acid groups (broad SMARTS) is 1. The fourth-order valence-corrected chi connectivity index (χ4v) is 2.32. The van der Waals surface area contributed by atoms with Gasteiger partial charge in [0.25, 0.3) is 5.91 Å². The van der Waals surface area contributed by atoms with Crippen LogP contribution in [0.25, 0.3) is 0 Å². The predicted octanol–water partition coefficient (Wildman–Crippen LogP) is 1.12. The molecule has 1 saturated heterocycles. The van der Waals surface area contributed by atoms with Crippen LogP contribution in [0, 0.1) is 0 Å². The molecule has 1 fully saturated rings. The van der Waals surface area contributed by atoms with Gasteiger partial charge in [0.15, 0.2) is 5.54 Å². The van der Waals surface area contributed by atoms with Crippen LogP contribution >= 0.6 is 0 Å². The van der Waals surface area contributed by atoms with Crippen molar-refractivity contribution < 1.29 is 27.9 Å². The van der Waals surface area contributed by atoms with Crippen LogP contribution in [0.4, 0.5) is 13.2 Å². The normalized spacial score (nSPS) is 27.2. The number of aliphatic carboxylic acids is 1. The molecule has 19 heavy (non-hydrogen) atoms. The molecule has 2 atom stereocenters. The Bertz CT molecular complexity index is 395. The van der Waals surface area contributed by atoms with Crippen LogP contribution < -0.4 is 5.73 Å². The number of amides is 1. The van der Waals surface area contributed by atoms with E-state index in [9.17, 15) is 27.9 Å². The summed E-state index contributed by atoms with van der Waals surface area (Å²) < 4.78 is 38.3. The van der Waals surface area contributed by atoms with Gasteiger partial charge in [-0.1, -0.05) is 6.92 Å². The summed E-state index contributed by atoms with van der Waals surface area (Å²) in [5.74, 6) is -2.68. The van der Waals surface area contributed by atoms with Crippen molar-refractivity contribution in [3.63, 3.8) is 0 Å². The molecular weight excluding hydrogens is 265 g/mol. The Kier molecular flexibility index (Phi) is 3.86. The molecule has 1 rings (SSSR count). The summed E-state index contributed by atoms with van der Waals surface area (Å²) in [7, 11) is 0. The average molecular weight is 282 g/mol. The number of alkyl halides is 3. The van der Waals surface area contributed by atoms with E-state index in [-0.39, 0.29) is 19.4 Å². The van der Waals surface area contributed by atoms with Crippen LogP contribution in [0.3, 0.4) is 0 Å². The van der Waals surface area contributed by atoms with Gasteiger partial charge in [0.1, 0.15) is 5.54 Å². The monoisotopic (exact) mass is 282 g/mol. The van der Waals surface area contributed by atoms with Crippen molar-refractivity contribution in [2.45, 2.75) is 50.4 Å². The lowest BCUT2D eigenvalue weighted by molar-refractivity contribution is -0.197. The van der Waals surface area contributed by atoms with Crippen LogP contribution in [-0.2, 0) is 9.59 Å². The van der Waals surface area contributed by atoms with Gasteiger partial charge in [-0.2, -0.15) is 13.2 Å². The third-order valence-electron chi connectivity index (χ3n) is 3.75. The molecule has 8 heteroatoms. The lowest BCUT2D eigenvalue weighted by atomic mass is 9.90. The highest BCUT2D eigenvalue weighted by Crippen LogP contribution is 2.37. The summed E-state index contributed by atoms with van der Waals surface area (Å²) in [6.45, 7) is 2.07. The predicted molar refractivity (Wildman–Crippen MR) is 60.3 cm³/mol. The minimum absolute atomic E-state index is 0.0259. The maximum atomic E-state index is 12.8. The lowest BCUT2D eigenvalue weighted by Gasteiger charge is -2.39. The van der Waals surface area contributed by atoms with Crippen molar-refractivity contribution in [3.8, 4) is 0 Å². The van der Waals surface area contributed by atoms with Crippen molar-refractivity contribution in [1.29, 1.82) is 0 Å². The molecule has 0 radical (unpaired) electrons. The zero-order valence-corrected chi connectivity index (χ0v) is 10.8. The van der Waals surface area contributed by atoms with Crippen LogP contribution in [-0.4, -0.2) is 45.7 Å². The van der Waals surface area contributed by atoms with Crippen molar-refractivity contribution in [3.05, 3.63) is 0 Å². The summed E-state index contributed by atoms with van der Waals surface area (Å²) >= 11 is 0. The van der Waals surface area contributed by atoms with Gasteiger partial charge in [0.05, 0.1) is 0 Å². The van der Waals surface area contributed by atoms with Crippen LogP contribution in [0.15, 0.2) is 0 Å². The summed E-state index contributed by atoms with van der Waals surface area (Å²) in [6, 6.07) is 0. The highest BCUT2D eigenvalue weighted by molar-refractivity contribution is 5.93. The van der Waals surface area contributed by atoms with E-state index in [1.165, 1.54) is 6.92 Å². The van der Waals surface area contributed by atoms with Gasteiger partial charge in [-0.25, -0.2) is 4.79 Å². The Morgan fingerprint density at radius 1 is 1.42 bits per heavy atom. The summed E-state index contributed by atoms with van der Waals surface area (Å²) in [4.78, 5) is 24.1. The van der Waals surface area contributed by atoms with Gasteiger partial charge in [-0.3, -0.25) is 4.79 Å². The van der Waals surface area contributed by atoms with Crippen LogP contribution in [0.2, 0.25) is 0 Å². The standard InChI is InChI=1S/C11H17F3N2O3/c1-3-10(8(18)19)5-4-6-16(10)7(17)9(2,15)11(12,13)14/h3-6,15H2,1-2H3,(H,18,19). The molecule has 0 aromatic rings. The molecule has 1 aliphatic heterocycles. The Hall–Kier alpha value is -1.31. The molecule has 110 valence electrons. The van der Waals surface area contributed by atoms with E-state index in [1.807, 2.05) is 0 Å². The minimum atomic E-state index is -4.93. The first-order valence-corrected chi connectivity index (χ1v) is 5.92. The molecule has 1 amide bonds. The number of hydrogen-bond donors (Lipinski definition) is 2. The molecule has 2 unspecified atom stereocenters. The highest BCUT2D eigenvalue weighted by atomic mass is 19.4. The molecule has 0 bridgehead atoms. The zero-order valence-electron chi connectivity index (χ0n) is 10.8. The second-order valence-corrected chi connectivity index (χ2v) is 4.95. The number of carboxylic acids is 1. The third kappa shape index (κ3) is 2.29. The molecule has 0 saturated carbocycles. The van der Waals surface area contributed by atoms with Gasteiger partial charge in [-0.05, 0) is 26.2 Å². The smallest absolute Gasteiger partial charge is 0.415 e. The molecule has 3 N–H and O–H groups in total. The van der Waals surface area contributed by atoms with E-state index in [4.69, 9.17) is 5.73 Å². The second kappa shape index (κ2) is 4.66. The van der Waals surface area contributed by atoms with Gasteiger partial charge in [-0.15, -0.1) is 0 Å². The fraction of sp³-hybridized carbons (Fsp3) is 0.818. The van der Waals surface area contributed by atoms with Crippen molar-refractivity contribution in [1.82, 2.24) is 4.90 Å². The SMILES string of the molecule is CCC1(C(=O)O)CCCN1C(=O)C(C)(N)C(F)(F)F. The molecule has 1 aliphatic rings. The first-order chi connectivity index (χ1) is 8.50.